The third-order valence-corrected chi connectivity index (χ3v) is 3.40. The van der Waals surface area contributed by atoms with Crippen molar-refractivity contribution in [1.29, 1.82) is 0 Å². The molecule has 0 unspecified atom stereocenters. The molecule has 0 bridgehead atoms. The summed E-state index contributed by atoms with van der Waals surface area (Å²) in [6.45, 7) is 3.11. The number of carbonyl (C=O) groups excluding carboxylic acids is 2. The van der Waals surface area contributed by atoms with Gasteiger partial charge in [0.1, 0.15) is 11.5 Å². The van der Waals surface area contributed by atoms with E-state index in [0.29, 0.717) is 22.1 Å². The highest BCUT2D eigenvalue weighted by atomic mass is 35.5. The Kier molecular flexibility index (Phi) is 5.17. The van der Waals surface area contributed by atoms with Gasteiger partial charge in [-0.15, -0.1) is 0 Å². The largest absolute Gasteiger partial charge is 0.482 e. The van der Waals surface area contributed by atoms with Crippen molar-refractivity contribution in [2.24, 2.45) is 0 Å². The second-order valence-electron chi connectivity index (χ2n) is 4.75. The molecule has 0 aliphatic carbocycles. The summed E-state index contributed by atoms with van der Waals surface area (Å²) >= 11 is 5.91. The van der Waals surface area contributed by atoms with E-state index in [9.17, 15) is 9.59 Å². The number of benzene rings is 2. The second kappa shape index (κ2) is 7.09. The predicted molar refractivity (Wildman–Crippen MR) is 83.8 cm³/mol. The minimum atomic E-state index is -0.525. The number of hydrogen-bond acceptors (Lipinski definition) is 4. The third-order valence-electron chi connectivity index (χ3n) is 2.98. The van der Waals surface area contributed by atoms with Gasteiger partial charge in [-0.1, -0.05) is 11.6 Å². The average Bonchev–Trinajstić information content (AvgIpc) is 2.49. The molecule has 22 heavy (non-hydrogen) atoms. The molecule has 0 saturated heterocycles. The lowest BCUT2D eigenvalue weighted by Crippen LogP contribution is -2.17. The summed E-state index contributed by atoms with van der Waals surface area (Å²) in [4.78, 5) is 22.9. The molecule has 0 spiro atoms. The first-order valence-corrected chi connectivity index (χ1v) is 7.04. The zero-order chi connectivity index (χ0) is 16.1. The Morgan fingerprint density at radius 3 is 2.27 bits per heavy atom. The molecule has 0 fully saturated rings. The van der Waals surface area contributed by atoms with Gasteiger partial charge in [0.25, 0.3) is 0 Å². The quantitative estimate of drug-likeness (QED) is 0.477. The van der Waals surface area contributed by atoms with E-state index in [1.165, 1.54) is 6.92 Å². The number of rotatable bonds is 5. The van der Waals surface area contributed by atoms with Gasteiger partial charge in [0, 0.05) is 10.6 Å². The molecule has 0 radical (unpaired) electrons. The molecule has 2 aromatic rings. The fraction of sp³-hybridized carbons (Fsp3) is 0.176. The van der Waals surface area contributed by atoms with Gasteiger partial charge in [0.15, 0.2) is 12.4 Å². The summed E-state index contributed by atoms with van der Waals surface area (Å²) in [6, 6.07) is 11.5. The van der Waals surface area contributed by atoms with E-state index in [0.717, 1.165) is 5.56 Å². The normalized spacial score (nSPS) is 10.1. The second-order valence-corrected chi connectivity index (χ2v) is 5.16. The van der Waals surface area contributed by atoms with E-state index in [1.54, 1.807) is 42.5 Å². The van der Waals surface area contributed by atoms with Crippen molar-refractivity contribution in [3.63, 3.8) is 0 Å². The van der Waals surface area contributed by atoms with Crippen LogP contribution in [-0.2, 0) is 4.79 Å². The number of Topliss-reactive ketones (excluding diaryl/α,β-unsaturated/α-hetero) is 1. The number of hydrogen-bond donors (Lipinski definition) is 0. The molecule has 4 nitrogen and oxygen atoms in total. The number of halogens is 1. The Hall–Kier alpha value is -2.33. The van der Waals surface area contributed by atoms with Gasteiger partial charge in [-0.3, -0.25) is 4.79 Å². The van der Waals surface area contributed by atoms with Crippen molar-refractivity contribution < 1.29 is 19.1 Å². The topological polar surface area (TPSA) is 52.6 Å². The Morgan fingerprint density at radius 1 is 1.05 bits per heavy atom. The Bertz CT molecular complexity index is 692. The van der Waals surface area contributed by atoms with Crippen LogP contribution in [-0.4, -0.2) is 18.4 Å². The summed E-state index contributed by atoms with van der Waals surface area (Å²) in [6.07, 6.45) is 0. The molecule has 2 aromatic carbocycles. The molecule has 0 heterocycles. The summed E-state index contributed by atoms with van der Waals surface area (Å²) in [5.41, 5.74) is 1.43. The molecule has 114 valence electrons. The zero-order valence-electron chi connectivity index (χ0n) is 12.3. The first kappa shape index (κ1) is 16.0. The molecular weight excluding hydrogens is 304 g/mol. The lowest BCUT2D eigenvalue weighted by molar-refractivity contribution is -0.136. The highest BCUT2D eigenvalue weighted by Crippen LogP contribution is 2.21. The first-order valence-electron chi connectivity index (χ1n) is 6.66. The molecule has 0 amide bonds. The molecule has 2 rings (SSSR count). The first-order chi connectivity index (χ1) is 10.5. The molecule has 0 atom stereocenters. The predicted octanol–water partition coefficient (Wildman–Crippen LogP) is 3.84. The highest BCUT2D eigenvalue weighted by Gasteiger charge is 2.08. The highest BCUT2D eigenvalue weighted by molar-refractivity contribution is 6.31. The Balaban J connectivity index is 1.89. The zero-order valence-corrected chi connectivity index (χ0v) is 13.0. The van der Waals surface area contributed by atoms with Gasteiger partial charge in [-0.25, -0.2) is 4.79 Å². The maximum absolute atomic E-state index is 11.7. The molecule has 5 heteroatoms. The van der Waals surface area contributed by atoms with Crippen LogP contribution >= 0.6 is 11.6 Å². The number of carbonyl (C=O) groups is 2. The SMILES string of the molecule is CC(=O)c1ccc(OC(=O)COc2ccc(Cl)c(C)c2)cc1. The molecule has 0 aromatic heterocycles. The van der Waals surface area contributed by atoms with Crippen molar-refractivity contribution in [2.45, 2.75) is 13.8 Å². The van der Waals surface area contributed by atoms with Gasteiger partial charge in [-0.2, -0.15) is 0 Å². The minimum Gasteiger partial charge on any atom is -0.482 e. The van der Waals surface area contributed by atoms with Gasteiger partial charge >= 0.3 is 5.97 Å². The van der Waals surface area contributed by atoms with Crippen LogP contribution < -0.4 is 9.47 Å². The van der Waals surface area contributed by atoms with Crippen molar-refractivity contribution in [3.8, 4) is 11.5 Å². The van der Waals surface area contributed by atoms with Crippen molar-refractivity contribution >= 4 is 23.4 Å². The standard InChI is InChI=1S/C17H15ClO4/c1-11-9-15(7-8-16(11)18)21-10-17(20)22-14-5-3-13(4-6-14)12(2)19/h3-9H,10H2,1-2H3. The average molecular weight is 319 g/mol. The van der Waals surface area contributed by atoms with E-state index >= 15 is 0 Å². The Morgan fingerprint density at radius 2 is 1.68 bits per heavy atom. The summed E-state index contributed by atoms with van der Waals surface area (Å²) in [5, 5.41) is 0.639. The lowest BCUT2D eigenvalue weighted by atomic mass is 10.1. The van der Waals surface area contributed by atoms with E-state index in [-0.39, 0.29) is 12.4 Å². The van der Waals surface area contributed by atoms with Gasteiger partial charge in [-0.05, 0) is 61.9 Å². The molecular formula is C17H15ClO4. The van der Waals surface area contributed by atoms with E-state index in [4.69, 9.17) is 21.1 Å². The summed E-state index contributed by atoms with van der Waals surface area (Å²) in [7, 11) is 0. The summed E-state index contributed by atoms with van der Waals surface area (Å²) in [5.74, 6) is 0.346. The molecule has 0 N–H and O–H groups in total. The van der Waals surface area contributed by atoms with Gasteiger partial charge in [0.05, 0.1) is 0 Å². The van der Waals surface area contributed by atoms with E-state index in [1.807, 2.05) is 6.92 Å². The molecule has 0 saturated carbocycles. The van der Waals surface area contributed by atoms with Crippen LogP contribution in [0.4, 0.5) is 0 Å². The van der Waals surface area contributed by atoms with Crippen LogP contribution in [0.2, 0.25) is 5.02 Å². The maximum atomic E-state index is 11.7. The van der Waals surface area contributed by atoms with Crippen LogP contribution in [0.5, 0.6) is 11.5 Å². The van der Waals surface area contributed by atoms with Crippen LogP contribution in [0.15, 0.2) is 42.5 Å². The number of esters is 1. The molecule has 0 aliphatic heterocycles. The number of ketones is 1. The smallest absolute Gasteiger partial charge is 0.349 e. The van der Waals surface area contributed by atoms with E-state index < -0.39 is 5.97 Å². The van der Waals surface area contributed by atoms with Crippen molar-refractivity contribution in [2.75, 3.05) is 6.61 Å². The fourth-order valence-corrected chi connectivity index (χ4v) is 1.89. The Labute approximate surface area is 133 Å². The van der Waals surface area contributed by atoms with Crippen molar-refractivity contribution in [1.82, 2.24) is 0 Å². The fourth-order valence-electron chi connectivity index (χ4n) is 1.77. The van der Waals surface area contributed by atoms with Gasteiger partial charge in [0.2, 0.25) is 0 Å². The number of ether oxygens (including phenoxy) is 2. The van der Waals surface area contributed by atoms with Crippen LogP contribution in [0.3, 0.4) is 0 Å². The minimum absolute atomic E-state index is 0.0423. The summed E-state index contributed by atoms with van der Waals surface area (Å²) < 4.78 is 10.5. The van der Waals surface area contributed by atoms with Crippen LogP contribution in [0.25, 0.3) is 0 Å². The van der Waals surface area contributed by atoms with Crippen molar-refractivity contribution in [3.05, 3.63) is 58.6 Å². The monoisotopic (exact) mass is 318 g/mol. The lowest BCUT2D eigenvalue weighted by Gasteiger charge is -2.08. The maximum Gasteiger partial charge on any atom is 0.349 e. The van der Waals surface area contributed by atoms with Crippen LogP contribution in [0, 0.1) is 6.92 Å². The van der Waals surface area contributed by atoms with E-state index in [2.05, 4.69) is 0 Å². The number of aryl methyl sites for hydroxylation is 1. The third kappa shape index (κ3) is 4.33. The van der Waals surface area contributed by atoms with Crippen LogP contribution in [0.1, 0.15) is 22.8 Å². The molecule has 0 aliphatic rings. The van der Waals surface area contributed by atoms with Gasteiger partial charge < -0.3 is 9.47 Å².